The van der Waals surface area contributed by atoms with Gasteiger partial charge in [0.1, 0.15) is 29.8 Å². The van der Waals surface area contributed by atoms with Crippen molar-refractivity contribution in [1.82, 2.24) is 0 Å². The molecule has 7 nitrogen and oxygen atoms in total. The van der Waals surface area contributed by atoms with Crippen molar-refractivity contribution in [3.05, 3.63) is 104 Å². The SMILES string of the molecule is N#C/C(=C\c1cc(Br)ccc1OCc1ccc([N+](=O)[O-])cc1)C(=O)Nc1ccc(F)cc1. The molecule has 0 atom stereocenters. The van der Waals surface area contributed by atoms with Crippen LogP contribution in [0.3, 0.4) is 0 Å². The van der Waals surface area contributed by atoms with Gasteiger partial charge in [0, 0.05) is 27.9 Å². The normalized spacial score (nSPS) is 10.8. The van der Waals surface area contributed by atoms with E-state index >= 15 is 0 Å². The third kappa shape index (κ3) is 6.00. The number of rotatable bonds is 7. The molecule has 160 valence electrons. The van der Waals surface area contributed by atoms with Crippen molar-refractivity contribution in [2.75, 3.05) is 5.32 Å². The smallest absolute Gasteiger partial charge is 0.269 e. The maximum absolute atomic E-state index is 13.0. The van der Waals surface area contributed by atoms with Crippen molar-refractivity contribution in [3.8, 4) is 11.8 Å². The van der Waals surface area contributed by atoms with Crippen molar-refractivity contribution in [2.24, 2.45) is 0 Å². The number of nitriles is 1. The number of hydrogen-bond acceptors (Lipinski definition) is 5. The average Bonchev–Trinajstić information content (AvgIpc) is 2.78. The number of hydrogen-bond donors (Lipinski definition) is 1. The molecule has 9 heteroatoms. The van der Waals surface area contributed by atoms with Crippen LogP contribution in [0.2, 0.25) is 0 Å². The largest absolute Gasteiger partial charge is 0.488 e. The van der Waals surface area contributed by atoms with E-state index < -0.39 is 16.6 Å². The molecule has 1 N–H and O–H groups in total. The highest BCUT2D eigenvalue weighted by Gasteiger charge is 2.13. The van der Waals surface area contributed by atoms with Crippen molar-refractivity contribution >= 4 is 39.3 Å². The first-order valence-electron chi connectivity index (χ1n) is 9.20. The number of nitrogens with zero attached hydrogens (tertiary/aromatic N) is 2. The lowest BCUT2D eigenvalue weighted by molar-refractivity contribution is -0.384. The van der Waals surface area contributed by atoms with Crippen molar-refractivity contribution in [2.45, 2.75) is 6.61 Å². The third-order valence-corrected chi connectivity index (χ3v) is 4.77. The zero-order valence-electron chi connectivity index (χ0n) is 16.4. The van der Waals surface area contributed by atoms with Gasteiger partial charge in [0.05, 0.1) is 4.92 Å². The Bertz CT molecular complexity index is 1220. The van der Waals surface area contributed by atoms with E-state index in [1.165, 1.54) is 42.5 Å². The van der Waals surface area contributed by atoms with Gasteiger partial charge in [-0.05, 0) is 66.2 Å². The van der Waals surface area contributed by atoms with Crippen LogP contribution in [0.25, 0.3) is 6.08 Å². The Balaban J connectivity index is 1.79. The fraction of sp³-hybridized carbons (Fsp3) is 0.0435. The molecular weight excluding hydrogens is 481 g/mol. The lowest BCUT2D eigenvalue weighted by Crippen LogP contribution is -2.13. The number of nitrogens with one attached hydrogen (secondary N) is 1. The van der Waals surface area contributed by atoms with Gasteiger partial charge in [-0.3, -0.25) is 14.9 Å². The van der Waals surface area contributed by atoms with Gasteiger partial charge in [0.2, 0.25) is 0 Å². The molecule has 0 saturated carbocycles. The van der Waals surface area contributed by atoms with E-state index in [0.29, 0.717) is 27.0 Å². The van der Waals surface area contributed by atoms with Gasteiger partial charge in [-0.2, -0.15) is 5.26 Å². The average molecular weight is 496 g/mol. The molecule has 0 aliphatic rings. The van der Waals surface area contributed by atoms with Crippen LogP contribution in [0.15, 0.2) is 76.8 Å². The molecule has 0 aliphatic carbocycles. The molecule has 3 aromatic carbocycles. The fourth-order valence-corrected chi connectivity index (χ4v) is 3.05. The summed E-state index contributed by atoms with van der Waals surface area (Å²) in [5.41, 5.74) is 1.34. The minimum atomic E-state index is -0.652. The highest BCUT2D eigenvalue weighted by Crippen LogP contribution is 2.27. The predicted molar refractivity (Wildman–Crippen MR) is 120 cm³/mol. The Labute approximate surface area is 191 Å². The molecule has 0 aromatic heterocycles. The first-order chi connectivity index (χ1) is 15.4. The maximum atomic E-state index is 13.0. The number of benzene rings is 3. The molecule has 3 aromatic rings. The summed E-state index contributed by atoms with van der Waals surface area (Å²) < 4.78 is 19.6. The highest BCUT2D eigenvalue weighted by molar-refractivity contribution is 9.10. The van der Waals surface area contributed by atoms with Crippen LogP contribution in [0.5, 0.6) is 5.75 Å². The molecule has 0 heterocycles. The number of carbonyl (C=O) groups excluding carboxylic acids is 1. The van der Waals surface area contributed by atoms with Gasteiger partial charge in [-0.1, -0.05) is 15.9 Å². The molecule has 3 rings (SSSR count). The maximum Gasteiger partial charge on any atom is 0.269 e. The molecule has 0 unspecified atom stereocenters. The van der Waals surface area contributed by atoms with Crippen molar-refractivity contribution in [1.29, 1.82) is 5.26 Å². The van der Waals surface area contributed by atoms with E-state index in [-0.39, 0.29) is 17.9 Å². The van der Waals surface area contributed by atoms with E-state index in [1.54, 1.807) is 30.3 Å². The molecule has 0 radical (unpaired) electrons. The summed E-state index contributed by atoms with van der Waals surface area (Å²) in [6, 6.07) is 18.1. The number of carbonyl (C=O) groups is 1. The Morgan fingerprint density at radius 2 is 1.84 bits per heavy atom. The fourth-order valence-electron chi connectivity index (χ4n) is 2.67. The second kappa shape index (κ2) is 10.3. The number of nitro groups is 1. The Morgan fingerprint density at radius 3 is 2.47 bits per heavy atom. The van der Waals surface area contributed by atoms with Gasteiger partial charge >= 0.3 is 0 Å². The molecule has 0 saturated heterocycles. The highest BCUT2D eigenvalue weighted by atomic mass is 79.9. The van der Waals surface area contributed by atoms with E-state index in [1.807, 2.05) is 6.07 Å². The van der Waals surface area contributed by atoms with Gasteiger partial charge in [-0.25, -0.2) is 4.39 Å². The summed E-state index contributed by atoms with van der Waals surface area (Å²) in [5, 5.41) is 22.8. The summed E-state index contributed by atoms with van der Waals surface area (Å²) in [4.78, 5) is 22.8. The number of nitro benzene ring substituents is 1. The third-order valence-electron chi connectivity index (χ3n) is 4.28. The summed E-state index contributed by atoms with van der Waals surface area (Å²) in [5.74, 6) is -0.683. The molecule has 0 aliphatic heterocycles. The molecule has 1 amide bonds. The lowest BCUT2D eigenvalue weighted by atomic mass is 10.1. The van der Waals surface area contributed by atoms with Crippen LogP contribution in [-0.4, -0.2) is 10.8 Å². The van der Waals surface area contributed by atoms with Crippen molar-refractivity contribution in [3.63, 3.8) is 0 Å². The molecule has 0 bridgehead atoms. The van der Waals surface area contributed by atoms with E-state index in [9.17, 15) is 24.6 Å². The first kappa shape index (κ1) is 22.7. The van der Waals surface area contributed by atoms with Gasteiger partial charge < -0.3 is 10.1 Å². The summed E-state index contributed by atoms with van der Waals surface area (Å²) in [6.45, 7) is 0.129. The minimum absolute atomic E-state index is 0.0214. The lowest BCUT2D eigenvalue weighted by Gasteiger charge is -2.11. The number of halogens is 2. The minimum Gasteiger partial charge on any atom is -0.488 e. The topological polar surface area (TPSA) is 105 Å². The molecular formula is C23H15BrFN3O4. The van der Waals surface area contributed by atoms with Crippen LogP contribution in [-0.2, 0) is 11.4 Å². The number of anilines is 1. The Hall–Kier alpha value is -4.03. The van der Waals surface area contributed by atoms with Crippen LogP contribution >= 0.6 is 15.9 Å². The standard InChI is InChI=1S/C23H15BrFN3O4/c24-18-3-10-22(32-14-15-1-8-21(9-2-15)28(30)31)16(12-18)11-17(13-26)23(29)27-20-6-4-19(25)5-7-20/h1-12H,14H2,(H,27,29)/b17-11+. The van der Waals surface area contributed by atoms with Crippen LogP contribution in [0.1, 0.15) is 11.1 Å². The number of non-ortho nitro benzene ring substituents is 1. The number of amides is 1. The van der Waals surface area contributed by atoms with Gasteiger partial charge in [0.25, 0.3) is 11.6 Å². The Morgan fingerprint density at radius 1 is 1.16 bits per heavy atom. The van der Waals surface area contributed by atoms with Gasteiger partial charge in [0.15, 0.2) is 0 Å². The first-order valence-corrected chi connectivity index (χ1v) is 9.99. The van der Waals surface area contributed by atoms with Gasteiger partial charge in [-0.15, -0.1) is 0 Å². The van der Waals surface area contributed by atoms with Crippen LogP contribution in [0.4, 0.5) is 15.8 Å². The second-order valence-electron chi connectivity index (χ2n) is 6.53. The zero-order valence-corrected chi connectivity index (χ0v) is 18.0. The zero-order chi connectivity index (χ0) is 23.1. The Kier molecular flexibility index (Phi) is 7.31. The predicted octanol–water partition coefficient (Wildman–Crippen LogP) is 5.62. The van der Waals surface area contributed by atoms with E-state index in [0.717, 1.165) is 0 Å². The van der Waals surface area contributed by atoms with Crippen LogP contribution in [0, 0.1) is 27.3 Å². The molecule has 0 spiro atoms. The van der Waals surface area contributed by atoms with Crippen LogP contribution < -0.4 is 10.1 Å². The van der Waals surface area contributed by atoms with Crippen molar-refractivity contribution < 1.29 is 18.8 Å². The molecule has 32 heavy (non-hydrogen) atoms. The quantitative estimate of drug-likeness (QED) is 0.198. The molecule has 0 fully saturated rings. The monoisotopic (exact) mass is 495 g/mol. The van der Waals surface area contributed by atoms with E-state index in [2.05, 4.69) is 21.2 Å². The summed E-state index contributed by atoms with van der Waals surface area (Å²) in [7, 11) is 0. The second-order valence-corrected chi connectivity index (χ2v) is 7.44. The summed E-state index contributed by atoms with van der Waals surface area (Å²) in [6.07, 6.45) is 1.38. The number of ether oxygens (including phenoxy) is 1. The van der Waals surface area contributed by atoms with E-state index in [4.69, 9.17) is 4.74 Å². The summed E-state index contributed by atoms with van der Waals surface area (Å²) >= 11 is 3.36.